The van der Waals surface area contributed by atoms with E-state index >= 15 is 0 Å². The van der Waals surface area contributed by atoms with E-state index in [2.05, 4.69) is 12.1 Å². The molecule has 2 heteroatoms. The fourth-order valence-corrected chi connectivity index (χ4v) is 2.20. The maximum Gasteiger partial charge on any atom is 0.102 e. The smallest absolute Gasteiger partial charge is 0.102 e. The molecule has 0 amide bonds. The maximum absolute atomic E-state index is 9.07. The molecule has 1 aliphatic rings. The minimum atomic E-state index is 0.674. The molecule has 0 radical (unpaired) electrons. The van der Waals surface area contributed by atoms with Crippen molar-refractivity contribution in [2.24, 2.45) is 0 Å². The van der Waals surface area contributed by atoms with Gasteiger partial charge in [0.1, 0.15) is 6.07 Å². The molecule has 2 N–H and O–H groups in total. The Morgan fingerprint density at radius 3 is 2.79 bits per heavy atom. The molecule has 72 valence electrons. The molecule has 0 heterocycles. The van der Waals surface area contributed by atoms with Crippen LogP contribution in [-0.2, 0) is 12.8 Å². The lowest BCUT2D eigenvalue weighted by atomic mass is 9.86. The highest BCUT2D eigenvalue weighted by atomic mass is 14.6. The Bertz CT molecular complexity index is 413. The zero-order chi connectivity index (χ0) is 10.1. The van der Waals surface area contributed by atoms with Crippen molar-refractivity contribution in [2.45, 2.75) is 32.6 Å². The van der Waals surface area contributed by atoms with Gasteiger partial charge in [-0.25, -0.2) is 0 Å². The summed E-state index contributed by atoms with van der Waals surface area (Å²) in [5.74, 6) is 0. The number of nitrogens with two attached hydrogens (primary N) is 1. The first-order valence-electron chi connectivity index (χ1n) is 5.05. The van der Waals surface area contributed by atoms with Gasteiger partial charge in [0, 0.05) is 0 Å². The van der Waals surface area contributed by atoms with Gasteiger partial charge in [-0.1, -0.05) is 6.07 Å². The first-order chi connectivity index (χ1) is 6.74. The number of rotatable bonds is 0. The van der Waals surface area contributed by atoms with Gasteiger partial charge in [0.05, 0.1) is 11.3 Å². The Labute approximate surface area is 84.3 Å². The molecule has 0 atom stereocenters. The number of hydrogen-bond donors (Lipinski definition) is 1. The van der Waals surface area contributed by atoms with Crippen LogP contribution in [0.25, 0.3) is 0 Å². The van der Waals surface area contributed by atoms with Gasteiger partial charge < -0.3 is 5.73 Å². The van der Waals surface area contributed by atoms with Gasteiger partial charge in [0.25, 0.3) is 0 Å². The number of nitriles is 1. The topological polar surface area (TPSA) is 49.8 Å². The average Bonchev–Trinajstić information content (AvgIpc) is 2.20. The van der Waals surface area contributed by atoms with Crippen LogP contribution in [0.4, 0.5) is 5.69 Å². The number of aryl methyl sites for hydroxylation is 2. The minimum absolute atomic E-state index is 0.674. The number of hydrogen-bond acceptors (Lipinski definition) is 2. The van der Waals surface area contributed by atoms with Crippen molar-refractivity contribution < 1.29 is 0 Å². The summed E-state index contributed by atoms with van der Waals surface area (Å²) in [5, 5.41) is 9.07. The Balaban J connectivity index is 2.67. The van der Waals surface area contributed by atoms with E-state index in [0.717, 1.165) is 24.0 Å². The van der Waals surface area contributed by atoms with Crippen LogP contribution in [0, 0.1) is 18.3 Å². The summed E-state index contributed by atoms with van der Waals surface area (Å²) in [6, 6.07) is 4.38. The molecule has 0 spiro atoms. The normalized spacial score (nSPS) is 14.6. The first kappa shape index (κ1) is 9.08. The van der Waals surface area contributed by atoms with Gasteiger partial charge >= 0.3 is 0 Å². The first-order valence-corrected chi connectivity index (χ1v) is 5.05. The molecule has 1 aromatic rings. The lowest BCUT2D eigenvalue weighted by Crippen LogP contribution is -2.08. The van der Waals surface area contributed by atoms with Crippen molar-refractivity contribution >= 4 is 5.69 Å². The highest BCUT2D eigenvalue weighted by Gasteiger charge is 2.16. The summed E-state index contributed by atoms with van der Waals surface area (Å²) in [4.78, 5) is 0. The second-order valence-corrected chi connectivity index (χ2v) is 3.94. The van der Waals surface area contributed by atoms with E-state index in [1.807, 2.05) is 6.92 Å². The largest absolute Gasteiger partial charge is 0.397 e. The predicted octanol–water partition coefficient (Wildman–Crippen LogP) is 2.33. The molecule has 0 unspecified atom stereocenters. The van der Waals surface area contributed by atoms with E-state index in [-0.39, 0.29) is 0 Å². The molecular formula is C12H14N2. The van der Waals surface area contributed by atoms with E-state index < -0.39 is 0 Å². The molecule has 0 bridgehead atoms. The summed E-state index contributed by atoms with van der Waals surface area (Å²) in [5.41, 5.74) is 10.9. The Hall–Kier alpha value is -1.49. The highest BCUT2D eigenvalue weighted by molar-refractivity contribution is 5.65. The third-order valence-corrected chi connectivity index (χ3v) is 3.01. The van der Waals surface area contributed by atoms with E-state index in [0.29, 0.717) is 5.69 Å². The molecule has 1 aromatic carbocycles. The van der Waals surface area contributed by atoms with Gasteiger partial charge in [-0.2, -0.15) is 5.26 Å². The molecule has 0 saturated heterocycles. The summed E-state index contributed by atoms with van der Waals surface area (Å²) < 4.78 is 0. The van der Waals surface area contributed by atoms with E-state index in [1.165, 1.54) is 24.0 Å². The Kier molecular flexibility index (Phi) is 2.17. The lowest BCUT2D eigenvalue weighted by molar-refractivity contribution is 0.684. The van der Waals surface area contributed by atoms with Crippen LogP contribution >= 0.6 is 0 Å². The summed E-state index contributed by atoms with van der Waals surface area (Å²) >= 11 is 0. The number of nitrogens with zero attached hydrogens (tertiary/aromatic N) is 1. The van der Waals surface area contributed by atoms with Crippen molar-refractivity contribution in [1.29, 1.82) is 5.26 Å². The van der Waals surface area contributed by atoms with Gasteiger partial charge in [-0.05, 0) is 49.3 Å². The second-order valence-electron chi connectivity index (χ2n) is 3.94. The van der Waals surface area contributed by atoms with E-state index in [9.17, 15) is 0 Å². The monoisotopic (exact) mass is 186 g/mol. The molecule has 0 fully saturated rings. The standard InChI is InChI=1S/C12H14N2/c1-8-6-9-4-2-3-5-10(9)11(7-13)12(8)14/h6H,2-5,14H2,1H3. The zero-order valence-corrected chi connectivity index (χ0v) is 8.43. The Morgan fingerprint density at radius 1 is 1.36 bits per heavy atom. The molecule has 2 nitrogen and oxygen atoms in total. The molecule has 14 heavy (non-hydrogen) atoms. The SMILES string of the molecule is Cc1cc2c(c(C#N)c1N)CCCC2. The zero-order valence-electron chi connectivity index (χ0n) is 8.43. The molecular weight excluding hydrogens is 172 g/mol. The van der Waals surface area contributed by atoms with Crippen LogP contribution in [-0.4, -0.2) is 0 Å². The van der Waals surface area contributed by atoms with Crippen LogP contribution in [0.5, 0.6) is 0 Å². The maximum atomic E-state index is 9.07. The average molecular weight is 186 g/mol. The van der Waals surface area contributed by atoms with Crippen molar-refractivity contribution in [3.05, 3.63) is 28.3 Å². The molecule has 0 saturated carbocycles. The number of nitrogen functional groups attached to an aromatic ring is 1. The van der Waals surface area contributed by atoms with Gasteiger partial charge in [0.2, 0.25) is 0 Å². The van der Waals surface area contributed by atoms with Crippen LogP contribution < -0.4 is 5.73 Å². The second kappa shape index (κ2) is 3.34. The van der Waals surface area contributed by atoms with Crippen LogP contribution in [0.3, 0.4) is 0 Å². The summed E-state index contributed by atoms with van der Waals surface area (Å²) in [6.45, 7) is 1.98. The van der Waals surface area contributed by atoms with E-state index in [1.54, 1.807) is 0 Å². The molecule has 1 aliphatic carbocycles. The third-order valence-electron chi connectivity index (χ3n) is 3.01. The van der Waals surface area contributed by atoms with Crippen molar-refractivity contribution in [2.75, 3.05) is 5.73 Å². The van der Waals surface area contributed by atoms with E-state index in [4.69, 9.17) is 11.0 Å². The van der Waals surface area contributed by atoms with Gasteiger partial charge in [-0.15, -0.1) is 0 Å². The molecule has 0 aromatic heterocycles. The predicted molar refractivity (Wildman–Crippen MR) is 56.9 cm³/mol. The van der Waals surface area contributed by atoms with Crippen LogP contribution in [0.15, 0.2) is 6.07 Å². The summed E-state index contributed by atoms with van der Waals surface area (Å²) in [7, 11) is 0. The number of anilines is 1. The molecule has 0 aliphatic heterocycles. The fraction of sp³-hybridized carbons (Fsp3) is 0.417. The minimum Gasteiger partial charge on any atom is -0.397 e. The van der Waals surface area contributed by atoms with Crippen molar-refractivity contribution in [3.63, 3.8) is 0 Å². The fourth-order valence-electron chi connectivity index (χ4n) is 2.20. The van der Waals surface area contributed by atoms with Crippen LogP contribution in [0.1, 0.15) is 35.1 Å². The van der Waals surface area contributed by atoms with Crippen molar-refractivity contribution in [3.8, 4) is 6.07 Å². The molecule has 2 rings (SSSR count). The van der Waals surface area contributed by atoms with Crippen LogP contribution in [0.2, 0.25) is 0 Å². The number of benzene rings is 1. The van der Waals surface area contributed by atoms with Gasteiger partial charge in [0.15, 0.2) is 0 Å². The van der Waals surface area contributed by atoms with Gasteiger partial charge in [-0.3, -0.25) is 0 Å². The highest BCUT2D eigenvalue weighted by Crippen LogP contribution is 2.30. The Morgan fingerprint density at radius 2 is 2.07 bits per heavy atom. The third kappa shape index (κ3) is 1.26. The summed E-state index contributed by atoms with van der Waals surface area (Å²) in [6.07, 6.45) is 4.54. The lowest BCUT2D eigenvalue weighted by Gasteiger charge is -2.19. The number of fused-ring (bicyclic) bond motifs is 1. The quantitative estimate of drug-likeness (QED) is 0.632. The van der Waals surface area contributed by atoms with Crippen molar-refractivity contribution in [1.82, 2.24) is 0 Å².